The highest BCUT2D eigenvalue weighted by atomic mass is 35.5. The van der Waals surface area contributed by atoms with Gasteiger partial charge in [0, 0.05) is 5.56 Å². The molecule has 1 amide bonds. The van der Waals surface area contributed by atoms with Gasteiger partial charge in [0.2, 0.25) is 0 Å². The molecular weight excluding hydrogens is 288 g/mol. The molecule has 4 nitrogen and oxygen atoms in total. The number of ether oxygens (including phenoxy) is 1. The van der Waals surface area contributed by atoms with Gasteiger partial charge in [-0.05, 0) is 36.8 Å². The molecule has 1 aromatic carbocycles. The lowest BCUT2D eigenvalue weighted by atomic mass is 10.2. The third-order valence-corrected chi connectivity index (χ3v) is 3.07. The minimum atomic E-state index is -0.208. The van der Waals surface area contributed by atoms with Crippen molar-refractivity contribution in [3.05, 3.63) is 53.3 Å². The molecule has 0 spiro atoms. The maximum absolute atomic E-state index is 12.2. The summed E-state index contributed by atoms with van der Waals surface area (Å²) in [4.78, 5) is 16.1. The van der Waals surface area contributed by atoms with Crippen LogP contribution in [-0.2, 0) is 0 Å². The van der Waals surface area contributed by atoms with Crippen LogP contribution in [0.2, 0.25) is 5.15 Å². The van der Waals surface area contributed by atoms with E-state index in [9.17, 15) is 4.79 Å². The first-order valence-electron chi connectivity index (χ1n) is 6.85. The molecular formula is C16H17ClN2O2. The number of benzene rings is 1. The predicted octanol–water partition coefficient (Wildman–Crippen LogP) is 4.17. The van der Waals surface area contributed by atoms with Crippen LogP contribution in [-0.4, -0.2) is 17.5 Å². The molecule has 0 bridgehead atoms. The van der Waals surface area contributed by atoms with Gasteiger partial charge >= 0.3 is 0 Å². The SMILES string of the molecule is CCCCOc1cccc(C(=O)Nc2ccc(Cl)nc2)c1. The van der Waals surface area contributed by atoms with Crippen molar-refractivity contribution in [3.63, 3.8) is 0 Å². The van der Waals surface area contributed by atoms with Crippen LogP contribution >= 0.6 is 11.6 Å². The Bertz CT molecular complexity index is 599. The summed E-state index contributed by atoms with van der Waals surface area (Å²) in [6.45, 7) is 2.76. The van der Waals surface area contributed by atoms with Gasteiger partial charge in [-0.25, -0.2) is 4.98 Å². The molecule has 1 N–H and O–H groups in total. The Morgan fingerprint density at radius 1 is 1.33 bits per heavy atom. The molecule has 1 heterocycles. The zero-order valence-corrected chi connectivity index (χ0v) is 12.6. The van der Waals surface area contributed by atoms with Crippen LogP contribution in [0.4, 0.5) is 5.69 Å². The van der Waals surface area contributed by atoms with Crippen LogP contribution in [0.15, 0.2) is 42.6 Å². The van der Waals surface area contributed by atoms with Gasteiger partial charge in [-0.15, -0.1) is 0 Å². The Balaban J connectivity index is 2.01. The maximum atomic E-state index is 12.2. The first-order valence-corrected chi connectivity index (χ1v) is 7.22. The lowest BCUT2D eigenvalue weighted by Gasteiger charge is -2.08. The van der Waals surface area contributed by atoms with Gasteiger partial charge in [0.25, 0.3) is 5.91 Å². The molecule has 0 saturated heterocycles. The highest BCUT2D eigenvalue weighted by Gasteiger charge is 2.07. The van der Waals surface area contributed by atoms with Crippen LogP contribution in [0.5, 0.6) is 5.75 Å². The van der Waals surface area contributed by atoms with E-state index >= 15 is 0 Å². The summed E-state index contributed by atoms with van der Waals surface area (Å²) in [5.74, 6) is 0.491. The second-order valence-corrected chi connectivity index (χ2v) is 4.94. The van der Waals surface area contributed by atoms with Gasteiger partial charge in [-0.2, -0.15) is 0 Å². The van der Waals surface area contributed by atoms with Crippen molar-refractivity contribution < 1.29 is 9.53 Å². The zero-order chi connectivity index (χ0) is 15.1. The van der Waals surface area contributed by atoms with Crippen LogP contribution in [0, 0.1) is 0 Å². The third kappa shape index (κ3) is 4.76. The van der Waals surface area contributed by atoms with E-state index in [0.29, 0.717) is 28.8 Å². The average molecular weight is 305 g/mol. The zero-order valence-electron chi connectivity index (χ0n) is 11.8. The number of halogens is 1. The number of aromatic nitrogens is 1. The Morgan fingerprint density at radius 2 is 2.19 bits per heavy atom. The summed E-state index contributed by atoms with van der Waals surface area (Å²) in [5, 5.41) is 3.15. The Morgan fingerprint density at radius 3 is 2.90 bits per heavy atom. The molecule has 21 heavy (non-hydrogen) atoms. The van der Waals surface area contributed by atoms with E-state index in [1.54, 1.807) is 30.3 Å². The quantitative estimate of drug-likeness (QED) is 0.644. The summed E-state index contributed by atoms with van der Waals surface area (Å²) >= 11 is 5.71. The van der Waals surface area contributed by atoms with Crippen LogP contribution < -0.4 is 10.1 Å². The Kier molecular flexibility index (Phi) is 5.58. The average Bonchev–Trinajstić information content (AvgIpc) is 2.50. The number of nitrogens with one attached hydrogen (secondary N) is 1. The molecule has 1 aromatic heterocycles. The predicted molar refractivity (Wildman–Crippen MR) is 84.0 cm³/mol. The van der Waals surface area contributed by atoms with Gasteiger partial charge < -0.3 is 10.1 Å². The summed E-state index contributed by atoms with van der Waals surface area (Å²) < 4.78 is 5.59. The first kappa shape index (κ1) is 15.3. The van der Waals surface area contributed by atoms with Gasteiger partial charge in [0.15, 0.2) is 0 Å². The molecule has 0 unspecified atom stereocenters. The molecule has 5 heteroatoms. The largest absolute Gasteiger partial charge is 0.494 e. The number of carbonyl (C=O) groups is 1. The number of hydrogen-bond donors (Lipinski definition) is 1. The minimum absolute atomic E-state index is 0.208. The lowest BCUT2D eigenvalue weighted by Crippen LogP contribution is -2.12. The van der Waals surface area contributed by atoms with Crippen molar-refractivity contribution in [1.29, 1.82) is 0 Å². The topological polar surface area (TPSA) is 51.2 Å². The molecule has 0 atom stereocenters. The van der Waals surface area contributed by atoms with Crippen molar-refractivity contribution >= 4 is 23.2 Å². The van der Waals surface area contributed by atoms with Crippen molar-refractivity contribution in [2.45, 2.75) is 19.8 Å². The molecule has 2 aromatic rings. The van der Waals surface area contributed by atoms with E-state index in [-0.39, 0.29) is 5.91 Å². The second-order valence-electron chi connectivity index (χ2n) is 4.55. The molecule has 0 saturated carbocycles. The van der Waals surface area contributed by atoms with E-state index < -0.39 is 0 Å². The standard InChI is InChI=1S/C16H17ClN2O2/c1-2-3-9-21-14-6-4-5-12(10-14)16(20)19-13-7-8-15(17)18-11-13/h4-8,10-11H,2-3,9H2,1H3,(H,19,20). The molecule has 0 radical (unpaired) electrons. The Hall–Kier alpha value is -2.07. The molecule has 0 aliphatic rings. The lowest BCUT2D eigenvalue weighted by molar-refractivity contribution is 0.102. The van der Waals surface area contributed by atoms with E-state index in [1.807, 2.05) is 6.07 Å². The Labute approximate surface area is 129 Å². The van der Waals surface area contributed by atoms with E-state index in [1.165, 1.54) is 6.20 Å². The minimum Gasteiger partial charge on any atom is -0.494 e. The summed E-state index contributed by atoms with van der Waals surface area (Å²) in [7, 11) is 0. The van der Waals surface area contributed by atoms with Crippen molar-refractivity contribution in [3.8, 4) is 5.75 Å². The fourth-order valence-corrected chi connectivity index (χ4v) is 1.83. The number of pyridine rings is 1. The molecule has 0 aliphatic heterocycles. The normalized spacial score (nSPS) is 10.2. The number of rotatable bonds is 6. The second kappa shape index (κ2) is 7.64. The van der Waals surface area contributed by atoms with Crippen LogP contribution in [0.3, 0.4) is 0 Å². The fourth-order valence-electron chi connectivity index (χ4n) is 1.71. The number of amides is 1. The summed E-state index contributed by atoms with van der Waals surface area (Å²) in [6, 6.07) is 10.4. The third-order valence-electron chi connectivity index (χ3n) is 2.85. The highest BCUT2D eigenvalue weighted by Crippen LogP contribution is 2.16. The number of carbonyl (C=O) groups excluding carboxylic acids is 1. The molecule has 2 rings (SSSR count). The molecule has 0 fully saturated rings. The van der Waals surface area contributed by atoms with Crippen molar-refractivity contribution in [1.82, 2.24) is 4.98 Å². The number of unbranched alkanes of at least 4 members (excludes halogenated alkanes) is 1. The highest BCUT2D eigenvalue weighted by molar-refractivity contribution is 6.29. The van der Waals surface area contributed by atoms with Gasteiger partial charge in [-0.1, -0.05) is 31.0 Å². The summed E-state index contributed by atoms with van der Waals surface area (Å²) in [5.41, 5.74) is 1.14. The monoisotopic (exact) mass is 304 g/mol. The van der Waals surface area contributed by atoms with E-state index in [2.05, 4.69) is 17.2 Å². The number of nitrogens with zero attached hydrogens (tertiary/aromatic N) is 1. The van der Waals surface area contributed by atoms with E-state index in [0.717, 1.165) is 12.8 Å². The molecule has 0 aliphatic carbocycles. The van der Waals surface area contributed by atoms with Gasteiger partial charge in [0.05, 0.1) is 18.5 Å². The summed E-state index contributed by atoms with van der Waals surface area (Å²) in [6.07, 6.45) is 3.58. The number of anilines is 1. The van der Waals surface area contributed by atoms with Crippen molar-refractivity contribution in [2.75, 3.05) is 11.9 Å². The van der Waals surface area contributed by atoms with Gasteiger partial charge in [0.1, 0.15) is 10.9 Å². The number of hydrogen-bond acceptors (Lipinski definition) is 3. The smallest absolute Gasteiger partial charge is 0.255 e. The fraction of sp³-hybridized carbons (Fsp3) is 0.250. The van der Waals surface area contributed by atoms with Crippen LogP contribution in [0.25, 0.3) is 0 Å². The van der Waals surface area contributed by atoms with Crippen LogP contribution in [0.1, 0.15) is 30.1 Å². The molecule has 110 valence electrons. The maximum Gasteiger partial charge on any atom is 0.255 e. The van der Waals surface area contributed by atoms with Gasteiger partial charge in [-0.3, -0.25) is 4.79 Å². The van der Waals surface area contributed by atoms with Crippen molar-refractivity contribution in [2.24, 2.45) is 0 Å². The first-order chi connectivity index (χ1) is 10.2. The van der Waals surface area contributed by atoms with E-state index in [4.69, 9.17) is 16.3 Å².